The molecule has 2 heterocycles. The molecule has 19 heavy (non-hydrogen) atoms. The van der Waals surface area contributed by atoms with Crippen molar-refractivity contribution in [3.05, 3.63) is 29.6 Å². The van der Waals surface area contributed by atoms with Crippen LogP contribution >= 0.6 is 0 Å². The van der Waals surface area contributed by atoms with Crippen molar-refractivity contribution in [1.82, 2.24) is 15.2 Å². The van der Waals surface area contributed by atoms with Gasteiger partial charge in [-0.15, -0.1) is 0 Å². The molecule has 1 saturated heterocycles. The first-order valence-corrected chi connectivity index (χ1v) is 7.57. The molecule has 0 aliphatic carbocycles. The summed E-state index contributed by atoms with van der Waals surface area (Å²) in [6.45, 7) is 11.3. The molecule has 0 bridgehead atoms. The Morgan fingerprint density at radius 2 is 2.26 bits per heavy atom. The molecule has 0 amide bonds. The Morgan fingerprint density at radius 3 is 3.05 bits per heavy atom. The Balaban J connectivity index is 2.03. The van der Waals surface area contributed by atoms with Gasteiger partial charge < -0.3 is 5.32 Å². The van der Waals surface area contributed by atoms with Gasteiger partial charge in [0.2, 0.25) is 0 Å². The first-order valence-electron chi connectivity index (χ1n) is 7.57. The summed E-state index contributed by atoms with van der Waals surface area (Å²) >= 11 is 0. The average molecular weight is 261 g/mol. The minimum Gasteiger partial charge on any atom is -0.314 e. The van der Waals surface area contributed by atoms with Crippen LogP contribution < -0.4 is 5.32 Å². The first kappa shape index (κ1) is 14.5. The summed E-state index contributed by atoms with van der Waals surface area (Å²) in [5, 5.41) is 3.60. The van der Waals surface area contributed by atoms with Crippen LogP contribution in [0.3, 0.4) is 0 Å². The standard InChI is InChI=1S/C16H27N3/c1-4-15-6-5-8-17-16(15)12-19-9-7-14(3)18-10-13(2)11-19/h5-6,8,13-14,18H,4,7,9-12H2,1-3H3. The molecule has 0 aromatic carbocycles. The number of nitrogens with one attached hydrogen (secondary N) is 1. The number of pyridine rings is 1. The molecule has 1 aliphatic heterocycles. The molecule has 1 aromatic rings. The molecule has 2 atom stereocenters. The lowest BCUT2D eigenvalue weighted by Gasteiger charge is -2.31. The summed E-state index contributed by atoms with van der Waals surface area (Å²) in [4.78, 5) is 7.16. The van der Waals surface area contributed by atoms with Crippen molar-refractivity contribution in [2.24, 2.45) is 5.92 Å². The smallest absolute Gasteiger partial charge is 0.0575 e. The summed E-state index contributed by atoms with van der Waals surface area (Å²) in [5.74, 6) is 0.705. The maximum atomic E-state index is 4.58. The molecular weight excluding hydrogens is 234 g/mol. The molecule has 1 N–H and O–H groups in total. The third-order valence-electron chi connectivity index (χ3n) is 4.00. The SMILES string of the molecule is CCc1cccnc1CN1CCC(C)NCC(C)C1. The van der Waals surface area contributed by atoms with Gasteiger partial charge in [0.1, 0.15) is 0 Å². The van der Waals surface area contributed by atoms with Crippen molar-refractivity contribution >= 4 is 0 Å². The predicted octanol–water partition coefficient (Wildman–Crippen LogP) is 2.46. The normalized spacial score (nSPS) is 25.8. The fourth-order valence-electron chi connectivity index (χ4n) is 2.77. The fourth-order valence-corrected chi connectivity index (χ4v) is 2.77. The number of hydrogen-bond acceptors (Lipinski definition) is 3. The molecule has 0 radical (unpaired) electrons. The van der Waals surface area contributed by atoms with Gasteiger partial charge in [-0.25, -0.2) is 0 Å². The molecule has 1 aliphatic rings. The van der Waals surface area contributed by atoms with E-state index in [9.17, 15) is 0 Å². The molecule has 0 spiro atoms. The van der Waals surface area contributed by atoms with Crippen LogP contribution in [0.4, 0.5) is 0 Å². The lowest BCUT2D eigenvalue weighted by atomic mass is 10.1. The molecule has 106 valence electrons. The second kappa shape index (κ2) is 7.01. The molecule has 2 unspecified atom stereocenters. The highest BCUT2D eigenvalue weighted by Crippen LogP contribution is 2.13. The van der Waals surface area contributed by atoms with Gasteiger partial charge >= 0.3 is 0 Å². The van der Waals surface area contributed by atoms with Crippen molar-refractivity contribution in [2.45, 2.75) is 46.2 Å². The Kier molecular flexibility index (Phi) is 5.34. The van der Waals surface area contributed by atoms with E-state index in [-0.39, 0.29) is 0 Å². The lowest BCUT2D eigenvalue weighted by Crippen LogP contribution is -2.42. The van der Waals surface area contributed by atoms with Gasteiger partial charge in [0, 0.05) is 31.9 Å². The summed E-state index contributed by atoms with van der Waals surface area (Å²) in [6.07, 6.45) is 4.22. The maximum Gasteiger partial charge on any atom is 0.0575 e. The van der Waals surface area contributed by atoms with Gasteiger partial charge in [-0.3, -0.25) is 9.88 Å². The summed E-state index contributed by atoms with van der Waals surface area (Å²) in [6, 6.07) is 4.88. The van der Waals surface area contributed by atoms with E-state index in [0.717, 1.165) is 26.1 Å². The fraction of sp³-hybridized carbons (Fsp3) is 0.688. The van der Waals surface area contributed by atoms with Gasteiger partial charge in [0.25, 0.3) is 0 Å². The van der Waals surface area contributed by atoms with Crippen LogP contribution in [-0.2, 0) is 13.0 Å². The zero-order valence-electron chi connectivity index (χ0n) is 12.5. The highest BCUT2D eigenvalue weighted by molar-refractivity contribution is 5.19. The van der Waals surface area contributed by atoms with E-state index in [1.807, 2.05) is 12.3 Å². The van der Waals surface area contributed by atoms with E-state index in [0.29, 0.717) is 12.0 Å². The number of aryl methyl sites for hydroxylation is 1. The number of aromatic nitrogens is 1. The third kappa shape index (κ3) is 4.29. The number of rotatable bonds is 3. The monoisotopic (exact) mass is 261 g/mol. The molecule has 2 rings (SSSR count). The van der Waals surface area contributed by atoms with Crippen LogP contribution in [0.2, 0.25) is 0 Å². The quantitative estimate of drug-likeness (QED) is 0.906. The highest BCUT2D eigenvalue weighted by atomic mass is 15.1. The van der Waals surface area contributed by atoms with Crippen molar-refractivity contribution in [2.75, 3.05) is 19.6 Å². The summed E-state index contributed by atoms with van der Waals surface area (Å²) in [5.41, 5.74) is 2.65. The van der Waals surface area contributed by atoms with Gasteiger partial charge in [0.15, 0.2) is 0 Å². The molecule has 1 aromatic heterocycles. The van der Waals surface area contributed by atoms with Crippen molar-refractivity contribution < 1.29 is 0 Å². The number of nitrogens with zero attached hydrogens (tertiary/aromatic N) is 2. The van der Waals surface area contributed by atoms with E-state index < -0.39 is 0 Å². The van der Waals surface area contributed by atoms with E-state index >= 15 is 0 Å². The second-order valence-electron chi connectivity index (χ2n) is 5.90. The van der Waals surface area contributed by atoms with Crippen LogP contribution in [0.5, 0.6) is 0 Å². The predicted molar refractivity (Wildman–Crippen MR) is 80.1 cm³/mol. The van der Waals surface area contributed by atoms with Crippen molar-refractivity contribution in [3.63, 3.8) is 0 Å². The third-order valence-corrected chi connectivity index (χ3v) is 4.00. The summed E-state index contributed by atoms with van der Waals surface area (Å²) < 4.78 is 0. The molecule has 0 saturated carbocycles. The zero-order chi connectivity index (χ0) is 13.7. The number of hydrogen-bond donors (Lipinski definition) is 1. The van der Waals surface area contributed by atoms with Gasteiger partial charge in [-0.1, -0.05) is 19.9 Å². The minimum absolute atomic E-state index is 0.625. The molecule has 3 nitrogen and oxygen atoms in total. The maximum absolute atomic E-state index is 4.58. The Bertz CT molecular complexity index is 391. The van der Waals surface area contributed by atoms with E-state index in [4.69, 9.17) is 0 Å². The molecular formula is C16H27N3. The van der Waals surface area contributed by atoms with E-state index in [1.54, 1.807) is 0 Å². The Hall–Kier alpha value is -0.930. The van der Waals surface area contributed by atoms with E-state index in [1.165, 1.54) is 24.2 Å². The van der Waals surface area contributed by atoms with E-state index in [2.05, 4.69) is 42.0 Å². The van der Waals surface area contributed by atoms with Crippen LogP contribution in [-0.4, -0.2) is 35.6 Å². The van der Waals surface area contributed by atoms with Crippen molar-refractivity contribution in [1.29, 1.82) is 0 Å². The van der Waals surface area contributed by atoms with Crippen molar-refractivity contribution in [3.8, 4) is 0 Å². The molecule has 1 fully saturated rings. The first-order chi connectivity index (χ1) is 9.19. The van der Waals surface area contributed by atoms with Gasteiger partial charge in [-0.2, -0.15) is 0 Å². The van der Waals surface area contributed by atoms with Crippen LogP contribution in [0.1, 0.15) is 38.4 Å². The topological polar surface area (TPSA) is 28.2 Å². The lowest BCUT2D eigenvalue weighted by molar-refractivity contribution is 0.192. The molecule has 3 heteroatoms. The summed E-state index contributed by atoms with van der Waals surface area (Å²) in [7, 11) is 0. The van der Waals surface area contributed by atoms with Crippen LogP contribution in [0.15, 0.2) is 18.3 Å². The Labute approximate surface area is 117 Å². The van der Waals surface area contributed by atoms with Gasteiger partial charge in [-0.05, 0) is 43.9 Å². The van der Waals surface area contributed by atoms with Crippen LogP contribution in [0.25, 0.3) is 0 Å². The zero-order valence-corrected chi connectivity index (χ0v) is 12.5. The minimum atomic E-state index is 0.625. The Morgan fingerprint density at radius 1 is 1.42 bits per heavy atom. The van der Waals surface area contributed by atoms with Gasteiger partial charge in [0.05, 0.1) is 5.69 Å². The van der Waals surface area contributed by atoms with Crippen LogP contribution in [0, 0.1) is 5.92 Å². The largest absolute Gasteiger partial charge is 0.314 e. The second-order valence-corrected chi connectivity index (χ2v) is 5.90. The average Bonchev–Trinajstić information content (AvgIpc) is 2.41. The highest BCUT2D eigenvalue weighted by Gasteiger charge is 2.17.